The summed E-state index contributed by atoms with van der Waals surface area (Å²) in [5.41, 5.74) is 37.7. The smallest absolute Gasteiger partial charge is 0.120 e. The molecule has 0 radical (unpaired) electrons. The van der Waals surface area contributed by atoms with Crippen LogP contribution in [-0.2, 0) is 0 Å². The summed E-state index contributed by atoms with van der Waals surface area (Å²) in [6.07, 6.45) is 5.57. The molecule has 0 aromatic heterocycles. The monoisotopic (exact) mass is 781 g/mol. The van der Waals surface area contributed by atoms with Gasteiger partial charge in [0.05, 0.1) is 0 Å². The molecule has 5 saturated heterocycles. The zero-order valence-corrected chi connectivity index (χ0v) is 36.5. The SMILES string of the molecule is CC1=C(C)[C@]2(N3CCCN3)C(C)=C(C)[C@]3(N4CCCN4)C(C)=C(C)[C@]4(N5CCCN5)C(C)=C(C)[C@]5(N6CCCN6)C(C)=C(C)C1(N1CCCN1)C1(Cl)C2=C3C4=C15. The van der Waals surface area contributed by atoms with Crippen LogP contribution in [0.2, 0.25) is 0 Å². The first kappa shape index (κ1) is 37.1. The van der Waals surface area contributed by atoms with Crippen molar-refractivity contribution in [1.29, 1.82) is 0 Å². The minimum atomic E-state index is -0.929. The Morgan fingerprint density at radius 2 is 0.607 bits per heavy atom. The van der Waals surface area contributed by atoms with Crippen LogP contribution < -0.4 is 27.1 Å². The first-order valence-corrected chi connectivity index (χ1v) is 22.4. The second-order valence-corrected chi connectivity index (χ2v) is 19.6. The van der Waals surface area contributed by atoms with E-state index in [9.17, 15) is 11.6 Å². The van der Waals surface area contributed by atoms with E-state index in [1.54, 1.807) is 0 Å². The highest BCUT2D eigenvalue weighted by Gasteiger charge is 2.83. The van der Waals surface area contributed by atoms with Gasteiger partial charge in [0.2, 0.25) is 0 Å². The number of hydrazine groups is 5. The van der Waals surface area contributed by atoms with Gasteiger partial charge in [-0.2, -0.15) is 0 Å². The van der Waals surface area contributed by atoms with Gasteiger partial charge in [0.25, 0.3) is 0 Å². The Morgan fingerprint density at radius 3 is 0.893 bits per heavy atom. The number of hydrogen-bond acceptors (Lipinski definition) is 10. The molecule has 5 N–H and O–H groups in total. The molecular formula is C45H65ClN10. The summed E-state index contributed by atoms with van der Waals surface area (Å²) >= 11 is 9.64. The van der Waals surface area contributed by atoms with E-state index in [1.165, 1.54) is 78.0 Å². The van der Waals surface area contributed by atoms with Gasteiger partial charge in [-0.1, -0.05) is 0 Å². The molecule has 5 heterocycles. The summed E-state index contributed by atoms with van der Waals surface area (Å²) in [6, 6.07) is 0. The van der Waals surface area contributed by atoms with E-state index in [2.05, 4.69) is 121 Å². The number of nitrogens with zero attached hydrogens (tertiary/aromatic N) is 5. The van der Waals surface area contributed by atoms with Gasteiger partial charge in [0.1, 0.15) is 32.6 Å². The van der Waals surface area contributed by atoms with Crippen LogP contribution in [0.3, 0.4) is 0 Å². The minimum Gasteiger partial charge on any atom is -0.254 e. The third kappa shape index (κ3) is 3.39. The van der Waals surface area contributed by atoms with E-state index in [0.717, 1.165) is 97.6 Å². The highest BCUT2D eigenvalue weighted by Crippen LogP contribution is 2.80. The standard InChI is InChI=1S/C45H65ClN10/c1-26-27(2)41(53-22-12-17-48-53)29(4)31(6)43(55-24-14-19-50-55)33(8)35(10)45(56-25-15-20-51-56)34(9)32(7)42(54-23-13-18-49-54)30(5)28(3)40(26,52-21-11-16-47-52)36-37(41)39(43)44(45,46)38(36)42/h47-51H,11-25H2,1-10H3/t40-,41+,42-,43+,44?,45?. The largest absolute Gasteiger partial charge is 0.254 e. The Balaban J connectivity index is 1.45. The lowest BCUT2D eigenvalue weighted by Crippen LogP contribution is -2.79. The third-order valence-electron chi connectivity index (χ3n) is 18.0. The molecule has 2 unspecified atom stereocenters. The fraction of sp³-hybridized carbons (Fsp3) is 0.689. The fourth-order valence-corrected chi connectivity index (χ4v) is 16.5. The third-order valence-corrected chi connectivity index (χ3v) is 18.6. The number of halogens is 1. The molecule has 5 aliphatic heterocycles. The average molecular weight is 782 g/mol. The Labute approximate surface area is 340 Å². The number of rotatable bonds is 5. The highest BCUT2D eigenvalue weighted by atomic mass is 35.5. The van der Waals surface area contributed by atoms with Crippen molar-refractivity contribution < 1.29 is 0 Å². The van der Waals surface area contributed by atoms with Gasteiger partial charge in [0.15, 0.2) is 0 Å². The quantitative estimate of drug-likeness (QED) is 0.193. The molecule has 56 heavy (non-hydrogen) atoms. The van der Waals surface area contributed by atoms with E-state index in [-0.39, 0.29) is 0 Å². The first-order valence-electron chi connectivity index (χ1n) is 22.0. The van der Waals surface area contributed by atoms with E-state index in [0.29, 0.717) is 0 Å². The molecule has 0 amide bonds. The van der Waals surface area contributed by atoms with Gasteiger partial charge < -0.3 is 0 Å². The molecule has 0 bridgehead atoms. The van der Waals surface area contributed by atoms with Crippen LogP contribution >= 0.6 is 11.6 Å². The van der Waals surface area contributed by atoms with Gasteiger partial charge in [0, 0.05) is 65.4 Å². The molecule has 11 aliphatic rings. The van der Waals surface area contributed by atoms with Crippen LogP contribution in [0.5, 0.6) is 0 Å². The molecular weight excluding hydrogens is 716 g/mol. The second-order valence-electron chi connectivity index (χ2n) is 19.0. The fourth-order valence-electron chi connectivity index (χ4n) is 15.6. The maximum atomic E-state index is 9.64. The van der Waals surface area contributed by atoms with Crippen LogP contribution in [0.15, 0.2) is 78.0 Å². The maximum absolute atomic E-state index is 9.64. The van der Waals surface area contributed by atoms with Gasteiger partial charge >= 0.3 is 0 Å². The zero-order valence-electron chi connectivity index (χ0n) is 35.7. The van der Waals surface area contributed by atoms with Gasteiger partial charge in [-0.25, -0.2) is 25.0 Å². The summed E-state index contributed by atoms with van der Waals surface area (Å²) in [6.45, 7) is 34.6. The predicted octanol–water partition coefficient (Wildman–Crippen LogP) is 5.07. The summed E-state index contributed by atoms with van der Waals surface area (Å²) in [7, 11) is 0. The topological polar surface area (TPSA) is 76.4 Å². The van der Waals surface area contributed by atoms with Crippen molar-refractivity contribution in [2.75, 3.05) is 65.4 Å². The average Bonchev–Trinajstić information content (AvgIpc) is 4.03. The van der Waals surface area contributed by atoms with Gasteiger partial charge in [-0.15, -0.1) is 11.6 Å². The van der Waals surface area contributed by atoms with E-state index >= 15 is 0 Å². The van der Waals surface area contributed by atoms with Crippen molar-refractivity contribution in [2.45, 2.75) is 134 Å². The molecule has 302 valence electrons. The Bertz CT molecular complexity index is 1960. The maximum Gasteiger partial charge on any atom is 0.120 e. The molecule has 6 aliphatic carbocycles. The van der Waals surface area contributed by atoms with Gasteiger partial charge in [-0.3, -0.25) is 27.1 Å². The molecule has 11 heteroatoms. The van der Waals surface area contributed by atoms with E-state index < -0.39 is 32.6 Å². The lowest BCUT2D eigenvalue weighted by Gasteiger charge is -2.69. The lowest BCUT2D eigenvalue weighted by molar-refractivity contribution is 0.0441. The van der Waals surface area contributed by atoms with Crippen LogP contribution in [-0.4, -0.2) is 123 Å². The molecule has 0 aromatic rings. The lowest BCUT2D eigenvalue weighted by atomic mass is 9.46. The normalized spacial score (nSPS) is 43.6. The minimum absolute atomic E-state index is 0.499. The van der Waals surface area contributed by atoms with E-state index in [1.807, 2.05) is 0 Å². The van der Waals surface area contributed by atoms with Crippen LogP contribution in [0, 0.1) is 0 Å². The molecule has 11 rings (SSSR count). The number of nitrogens with one attached hydrogen (secondary N) is 5. The summed E-state index contributed by atoms with van der Waals surface area (Å²) in [4.78, 5) is -0.929. The summed E-state index contributed by atoms with van der Waals surface area (Å²) in [5.74, 6) is 0. The Morgan fingerprint density at radius 1 is 0.357 bits per heavy atom. The first-order chi connectivity index (χ1) is 26.8. The number of hydrogen-bond donors (Lipinski definition) is 5. The Hall–Kier alpha value is -1.93. The molecule has 0 aromatic carbocycles. The van der Waals surface area contributed by atoms with Crippen molar-refractivity contribution in [3.8, 4) is 0 Å². The highest BCUT2D eigenvalue weighted by molar-refractivity contribution is 6.33. The van der Waals surface area contributed by atoms with Crippen molar-refractivity contribution in [3.63, 3.8) is 0 Å². The Kier molecular flexibility index (Phi) is 7.73. The summed E-state index contributed by atoms with van der Waals surface area (Å²) in [5, 5.41) is 13.3. The molecule has 0 saturated carbocycles. The zero-order chi connectivity index (χ0) is 39.1. The molecule has 10 nitrogen and oxygen atoms in total. The van der Waals surface area contributed by atoms with Crippen LogP contribution in [0.4, 0.5) is 0 Å². The molecule has 0 spiro atoms. The van der Waals surface area contributed by atoms with Crippen LogP contribution in [0.1, 0.15) is 101 Å². The van der Waals surface area contributed by atoms with Crippen molar-refractivity contribution in [2.24, 2.45) is 0 Å². The predicted molar refractivity (Wildman–Crippen MR) is 225 cm³/mol. The number of alkyl halides is 1. The van der Waals surface area contributed by atoms with Crippen molar-refractivity contribution >= 4 is 11.6 Å². The van der Waals surface area contributed by atoms with Crippen molar-refractivity contribution in [3.05, 3.63) is 78.0 Å². The van der Waals surface area contributed by atoms with E-state index in [4.69, 9.17) is 0 Å². The molecule has 5 fully saturated rings. The van der Waals surface area contributed by atoms with Crippen molar-refractivity contribution in [1.82, 2.24) is 52.2 Å². The van der Waals surface area contributed by atoms with Gasteiger partial charge in [-0.05, 0) is 179 Å². The molecule has 6 atom stereocenters. The van der Waals surface area contributed by atoms with Crippen LogP contribution in [0.25, 0.3) is 0 Å². The summed E-state index contributed by atoms with van der Waals surface area (Å²) < 4.78 is 0. The second kappa shape index (κ2) is 11.7.